The second kappa shape index (κ2) is 10.2. The van der Waals surface area contributed by atoms with Crippen molar-refractivity contribution in [2.45, 2.75) is 58.4 Å². The molecule has 1 aliphatic heterocycles. The van der Waals surface area contributed by atoms with Crippen LogP contribution in [0.3, 0.4) is 0 Å². The van der Waals surface area contributed by atoms with E-state index in [1.165, 1.54) is 24.1 Å². The van der Waals surface area contributed by atoms with Crippen molar-refractivity contribution in [3.63, 3.8) is 0 Å². The summed E-state index contributed by atoms with van der Waals surface area (Å²) in [5, 5.41) is 0. The third-order valence-electron chi connectivity index (χ3n) is 5.80. The van der Waals surface area contributed by atoms with Crippen LogP contribution in [0.5, 0.6) is 0 Å². The molecule has 1 amide bonds. The molecule has 0 aliphatic carbocycles. The lowest BCUT2D eigenvalue weighted by Crippen LogP contribution is -2.39. The van der Waals surface area contributed by atoms with Gasteiger partial charge in [0.25, 0.3) is 0 Å². The van der Waals surface area contributed by atoms with Crippen LogP contribution in [-0.2, 0) is 31.8 Å². The molecule has 0 saturated heterocycles. The number of rotatable bonds is 5. The van der Waals surface area contributed by atoms with Crippen LogP contribution in [0, 0.1) is 0 Å². The molecule has 2 aromatic carbocycles. The minimum atomic E-state index is -4.50. The summed E-state index contributed by atoms with van der Waals surface area (Å²) in [4.78, 5) is 39.6. The third-order valence-corrected chi connectivity index (χ3v) is 5.80. The van der Waals surface area contributed by atoms with Gasteiger partial charge in [-0.2, -0.15) is 13.2 Å². The largest absolute Gasteiger partial charge is 0.465 e. The van der Waals surface area contributed by atoms with Gasteiger partial charge in [-0.3, -0.25) is 4.79 Å². The smallest absolute Gasteiger partial charge is 0.416 e. The Hall–Kier alpha value is -3.62. The number of hydrogen-bond donors (Lipinski definition) is 0. The van der Waals surface area contributed by atoms with E-state index in [1.807, 2.05) is 0 Å². The molecular formula is C27H28F3NO5. The number of esters is 2. The van der Waals surface area contributed by atoms with Gasteiger partial charge in [-0.1, -0.05) is 24.3 Å². The lowest BCUT2D eigenvalue weighted by Gasteiger charge is -2.35. The number of alkyl halides is 3. The molecule has 2 aromatic rings. The van der Waals surface area contributed by atoms with E-state index in [0.29, 0.717) is 22.4 Å². The minimum absolute atomic E-state index is 0.114. The Morgan fingerprint density at radius 2 is 1.56 bits per heavy atom. The van der Waals surface area contributed by atoms with Crippen LogP contribution in [0.1, 0.15) is 67.1 Å². The standard InChI is InChI=1S/C27H28F3NO5/c1-16-23(25(34)36-26(2,3)4)21(18-10-12-20(13-11-18)27(28,29)30)14-22(32)31(16)15-17-6-8-19(9-7-17)24(33)35-5/h6-13,21H,14-15H2,1-5H3/t21-/m0/s1. The third kappa shape index (κ3) is 6.13. The summed E-state index contributed by atoms with van der Waals surface area (Å²) < 4.78 is 49.5. The topological polar surface area (TPSA) is 72.9 Å². The van der Waals surface area contributed by atoms with E-state index in [4.69, 9.17) is 9.47 Å². The van der Waals surface area contributed by atoms with E-state index < -0.39 is 35.2 Å². The van der Waals surface area contributed by atoms with Crippen LogP contribution in [-0.4, -0.2) is 35.5 Å². The van der Waals surface area contributed by atoms with Crippen molar-refractivity contribution in [2.24, 2.45) is 0 Å². The first-order valence-electron chi connectivity index (χ1n) is 11.3. The molecule has 0 radical (unpaired) electrons. The highest BCUT2D eigenvalue weighted by atomic mass is 19.4. The Morgan fingerprint density at radius 3 is 2.06 bits per heavy atom. The van der Waals surface area contributed by atoms with Gasteiger partial charge in [0.15, 0.2) is 0 Å². The summed E-state index contributed by atoms with van der Waals surface area (Å²) in [6.07, 6.45) is -4.61. The summed E-state index contributed by atoms with van der Waals surface area (Å²) in [5.74, 6) is -2.17. The maximum absolute atomic E-state index is 13.2. The maximum atomic E-state index is 13.2. The number of benzene rings is 2. The van der Waals surface area contributed by atoms with Crippen LogP contribution in [0.15, 0.2) is 59.8 Å². The monoisotopic (exact) mass is 503 g/mol. The highest BCUT2D eigenvalue weighted by Crippen LogP contribution is 2.39. The Morgan fingerprint density at radius 1 is 0.972 bits per heavy atom. The highest BCUT2D eigenvalue weighted by Gasteiger charge is 2.38. The molecule has 0 fully saturated rings. The van der Waals surface area contributed by atoms with Crippen LogP contribution in [0.4, 0.5) is 13.2 Å². The van der Waals surface area contributed by atoms with E-state index in [9.17, 15) is 27.6 Å². The van der Waals surface area contributed by atoms with Gasteiger partial charge >= 0.3 is 18.1 Å². The lowest BCUT2D eigenvalue weighted by atomic mass is 9.83. The molecule has 1 heterocycles. The first-order valence-corrected chi connectivity index (χ1v) is 11.3. The SMILES string of the molecule is COC(=O)c1ccc(CN2C(=O)C[C@@H](c3ccc(C(F)(F)F)cc3)C(C(=O)OC(C)(C)C)=C2C)cc1. The molecule has 1 atom stereocenters. The molecule has 192 valence electrons. The number of hydrogen-bond acceptors (Lipinski definition) is 5. The average molecular weight is 504 g/mol. The highest BCUT2D eigenvalue weighted by molar-refractivity contribution is 5.96. The van der Waals surface area contributed by atoms with Gasteiger partial charge in [0.2, 0.25) is 5.91 Å². The number of amides is 1. The zero-order valence-corrected chi connectivity index (χ0v) is 20.7. The lowest BCUT2D eigenvalue weighted by molar-refractivity contribution is -0.151. The molecule has 36 heavy (non-hydrogen) atoms. The van der Waals surface area contributed by atoms with Crippen LogP contribution < -0.4 is 0 Å². The number of nitrogens with zero attached hydrogens (tertiary/aromatic N) is 1. The van der Waals surface area contributed by atoms with Gasteiger partial charge < -0.3 is 14.4 Å². The van der Waals surface area contributed by atoms with Crippen molar-refractivity contribution in [1.29, 1.82) is 0 Å². The molecule has 0 aromatic heterocycles. The zero-order valence-electron chi connectivity index (χ0n) is 20.7. The Labute approximate surface area is 207 Å². The van der Waals surface area contributed by atoms with Crippen LogP contribution in [0.2, 0.25) is 0 Å². The first kappa shape index (κ1) is 27.0. The van der Waals surface area contributed by atoms with E-state index in [0.717, 1.165) is 12.1 Å². The van der Waals surface area contributed by atoms with E-state index in [-0.39, 0.29) is 24.4 Å². The predicted molar refractivity (Wildman–Crippen MR) is 126 cm³/mol. The van der Waals surface area contributed by atoms with Gasteiger partial charge in [-0.05, 0) is 63.1 Å². The van der Waals surface area contributed by atoms with Gasteiger partial charge in [-0.25, -0.2) is 9.59 Å². The summed E-state index contributed by atoms with van der Waals surface area (Å²) in [6.45, 7) is 6.89. The van der Waals surface area contributed by atoms with Gasteiger partial charge in [0, 0.05) is 18.0 Å². The van der Waals surface area contributed by atoms with E-state index in [1.54, 1.807) is 52.0 Å². The summed E-state index contributed by atoms with van der Waals surface area (Å²) >= 11 is 0. The zero-order chi connectivity index (χ0) is 26.8. The molecule has 6 nitrogen and oxygen atoms in total. The predicted octanol–water partition coefficient (Wildman–Crippen LogP) is 5.62. The van der Waals surface area contributed by atoms with Crippen molar-refractivity contribution in [1.82, 2.24) is 4.90 Å². The van der Waals surface area contributed by atoms with E-state index in [2.05, 4.69) is 0 Å². The van der Waals surface area contributed by atoms with Crippen LogP contribution in [0.25, 0.3) is 0 Å². The van der Waals surface area contributed by atoms with Gasteiger partial charge in [0.1, 0.15) is 5.60 Å². The average Bonchev–Trinajstić information content (AvgIpc) is 2.79. The normalized spacial score (nSPS) is 16.7. The van der Waals surface area contributed by atoms with Crippen LogP contribution >= 0.6 is 0 Å². The fraction of sp³-hybridized carbons (Fsp3) is 0.370. The Bertz CT molecular complexity index is 1180. The Kier molecular flexibility index (Phi) is 7.62. The van der Waals surface area contributed by atoms with Crippen molar-refractivity contribution in [2.75, 3.05) is 7.11 Å². The molecule has 0 N–H and O–H groups in total. The van der Waals surface area contributed by atoms with Gasteiger partial charge in [0.05, 0.1) is 30.4 Å². The quantitative estimate of drug-likeness (QED) is 0.495. The summed E-state index contributed by atoms with van der Waals surface area (Å²) in [6, 6.07) is 11.0. The maximum Gasteiger partial charge on any atom is 0.416 e. The van der Waals surface area contributed by atoms with Crippen molar-refractivity contribution in [3.8, 4) is 0 Å². The number of methoxy groups -OCH3 is 1. The molecule has 0 spiro atoms. The van der Waals surface area contributed by atoms with Gasteiger partial charge in [-0.15, -0.1) is 0 Å². The summed E-state index contributed by atoms with van der Waals surface area (Å²) in [7, 11) is 1.28. The minimum Gasteiger partial charge on any atom is -0.465 e. The number of carbonyl (C=O) groups excluding carboxylic acids is 3. The molecule has 1 aliphatic rings. The second-order valence-electron chi connectivity index (χ2n) is 9.55. The van der Waals surface area contributed by atoms with Crippen molar-refractivity contribution < 1.29 is 37.0 Å². The molecule has 0 bridgehead atoms. The summed E-state index contributed by atoms with van der Waals surface area (Å²) in [5.41, 5.74) is 0.439. The Balaban J connectivity index is 2.00. The van der Waals surface area contributed by atoms with Crippen molar-refractivity contribution in [3.05, 3.63) is 82.1 Å². The fourth-order valence-corrected chi connectivity index (χ4v) is 4.04. The fourth-order valence-electron chi connectivity index (χ4n) is 4.04. The second-order valence-corrected chi connectivity index (χ2v) is 9.55. The molecule has 3 rings (SSSR count). The van der Waals surface area contributed by atoms with E-state index >= 15 is 0 Å². The molecular weight excluding hydrogens is 475 g/mol. The molecule has 0 saturated carbocycles. The molecule has 9 heteroatoms. The molecule has 0 unspecified atom stereocenters. The number of halogens is 3. The number of allylic oxidation sites excluding steroid dienone is 1. The first-order chi connectivity index (χ1) is 16.7. The van der Waals surface area contributed by atoms with Crippen molar-refractivity contribution >= 4 is 17.8 Å². The number of carbonyl (C=O) groups is 3. The number of ether oxygens (including phenoxy) is 2.